The van der Waals surface area contributed by atoms with Gasteiger partial charge in [0.25, 0.3) is 0 Å². The van der Waals surface area contributed by atoms with Crippen LogP contribution in [0.1, 0.15) is 67.9 Å². The Labute approximate surface area is 300 Å². The van der Waals surface area contributed by atoms with Crippen LogP contribution in [0, 0.1) is 11.8 Å². The Morgan fingerprint density at radius 3 is 2.36 bits per heavy atom. The van der Waals surface area contributed by atoms with E-state index in [0.717, 1.165) is 48.8 Å². The van der Waals surface area contributed by atoms with Gasteiger partial charge in [-0.1, -0.05) is 129 Å². The first-order valence-corrected chi connectivity index (χ1v) is 18.4. The van der Waals surface area contributed by atoms with Crippen molar-refractivity contribution < 1.29 is 0 Å². The van der Waals surface area contributed by atoms with E-state index in [1.54, 1.807) is 0 Å². The molecule has 0 radical (unpaired) electrons. The Bertz CT molecular complexity index is 2340. The van der Waals surface area contributed by atoms with E-state index in [9.17, 15) is 0 Å². The van der Waals surface area contributed by atoms with Crippen LogP contribution in [0.25, 0.3) is 60.7 Å². The van der Waals surface area contributed by atoms with E-state index in [1.165, 1.54) is 53.9 Å². The maximum Gasteiger partial charge on any atom is 0.164 e. The third-order valence-corrected chi connectivity index (χ3v) is 10.6. The molecule has 0 bridgehead atoms. The van der Waals surface area contributed by atoms with Crippen LogP contribution in [0.2, 0.25) is 0 Å². The second kappa shape index (κ2) is 15.0. The predicted molar refractivity (Wildman–Crippen MR) is 213 cm³/mol. The van der Waals surface area contributed by atoms with Crippen LogP contribution in [0.15, 0.2) is 115 Å². The summed E-state index contributed by atoms with van der Waals surface area (Å²) in [5.74, 6) is 8.86. The number of benzene rings is 4. The molecule has 0 unspecified atom stereocenters. The maximum absolute atomic E-state index is 5.00. The molecule has 6 aromatic rings. The molecule has 4 aromatic carbocycles. The fraction of sp³-hybridized carbons (Fsp3) is 0.196. The predicted octanol–water partition coefficient (Wildman–Crippen LogP) is 12.1. The van der Waals surface area contributed by atoms with Crippen LogP contribution in [0.5, 0.6) is 0 Å². The summed E-state index contributed by atoms with van der Waals surface area (Å²) in [6.07, 6.45) is 14.9. The third kappa shape index (κ3) is 6.62. The zero-order chi connectivity index (χ0) is 34.5. The molecule has 0 saturated heterocycles. The number of thiophene rings is 1. The highest BCUT2D eigenvalue weighted by Gasteiger charge is 2.25. The molecule has 0 fully saturated rings. The summed E-state index contributed by atoms with van der Waals surface area (Å²) < 4.78 is 1.37. The van der Waals surface area contributed by atoms with Crippen LogP contribution in [0.4, 0.5) is 0 Å². The van der Waals surface area contributed by atoms with E-state index in [1.807, 2.05) is 60.8 Å². The number of fused-ring (bicyclic) bond motifs is 4. The highest BCUT2D eigenvalue weighted by molar-refractivity contribution is 7.19. The monoisotopic (exact) mass is 667 g/mol. The quantitative estimate of drug-likeness (QED) is 0.114. The Morgan fingerprint density at radius 1 is 0.760 bits per heavy atom. The molecule has 4 heteroatoms. The summed E-state index contributed by atoms with van der Waals surface area (Å²) in [5.41, 5.74) is 12.2. The molecule has 0 spiro atoms. The average Bonchev–Trinajstić information content (AvgIpc) is 3.73. The second-order valence-electron chi connectivity index (χ2n) is 12.6. The van der Waals surface area contributed by atoms with E-state index in [-0.39, 0.29) is 0 Å². The van der Waals surface area contributed by atoms with Gasteiger partial charge in [0.2, 0.25) is 0 Å². The van der Waals surface area contributed by atoms with Crippen molar-refractivity contribution in [3.05, 3.63) is 143 Å². The smallest absolute Gasteiger partial charge is 0.164 e. The van der Waals surface area contributed by atoms with Crippen molar-refractivity contribution >= 4 is 27.0 Å². The number of hydrogen-bond acceptors (Lipinski definition) is 4. The fourth-order valence-corrected chi connectivity index (χ4v) is 8.03. The summed E-state index contributed by atoms with van der Waals surface area (Å²) >= 11 is 1.94. The molecule has 0 aliphatic heterocycles. The minimum atomic E-state index is 0.674. The summed E-state index contributed by atoms with van der Waals surface area (Å²) in [6.45, 7) is 8.51. The fourth-order valence-electron chi connectivity index (χ4n) is 6.74. The van der Waals surface area contributed by atoms with Gasteiger partial charge in [0.1, 0.15) is 0 Å². The highest BCUT2D eigenvalue weighted by Crippen LogP contribution is 2.47. The van der Waals surface area contributed by atoms with Crippen LogP contribution in [-0.4, -0.2) is 15.0 Å². The minimum absolute atomic E-state index is 0.674. The van der Waals surface area contributed by atoms with Crippen molar-refractivity contribution in [1.29, 1.82) is 0 Å². The molecule has 0 saturated carbocycles. The number of aryl methyl sites for hydroxylation is 1. The van der Waals surface area contributed by atoms with Gasteiger partial charge in [0, 0.05) is 39.1 Å². The number of hydrogen-bond donors (Lipinski definition) is 0. The van der Waals surface area contributed by atoms with Crippen LogP contribution in [-0.2, 0) is 19.3 Å². The lowest BCUT2D eigenvalue weighted by molar-refractivity contribution is 0.981. The lowest BCUT2D eigenvalue weighted by Crippen LogP contribution is -2.02. The molecule has 1 aliphatic carbocycles. The first-order valence-electron chi connectivity index (χ1n) is 17.6. The lowest BCUT2D eigenvalue weighted by atomic mass is 9.92. The number of nitrogens with zero attached hydrogens (tertiary/aromatic N) is 3. The third-order valence-electron chi connectivity index (χ3n) is 9.22. The Kier molecular flexibility index (Phi) is 9.96. The van der Waals surface area contributed by atoms with Crippen molar-refractivity contribution in [1.82, 2.24) is 15.0 Å². The Balaban J connectivity index is 1.30. The van der Waals surface area contributed by atoms with Gasteiger partial charge in [-0.05, 0) is 83.5 Å². The summed E-state index contributed by atoms with van der Waals surface area (Å²) in [5, 5.41) is 1.35. The number of rotatable bonds is 9. The van der Waals surface area contributed by atoms with E-state index in [4.69, 9.17) is 15.0 Å². The summed E-state index contributed by atoms with van der Waals surface area (Å²) in [7, 11) is 0. The SMILES string of the molecule is C\C=C/C=C\C=C(/C)c1nc(-c2ccccc2)nc(-c2ccc3c(c2)Cc2cccc(-c4cccc5c(CC#CCCC)c(CC)sc45)c2-3)n1. The molecule has 7 rings (SSSR count). The van der Waals surface area contributed by atoms with E-state index >= 15 is 0 Å². The van der Waals surface area contributed by atoms with Crippen molar-refractivity contribution in [2.75, 3.05) is 0 Å². The molecule has 2 aromatic heterocycles. The molecule has 1 aliphatic rings. The van der Waals surface area contributed by atoms with E-state index in [2.05, 4.69) is 105 Å². The van der Waals surface area contributed by atoms with Crippen LogP contribution >= 0.6 is 11.3 Å². The zero-order valence-electron chi connectivity index (χ0n) is 29.3. The second-order valence-corrected chi connectivity index (χ2v) is 13.7. The van der Waals surface area contributed by atoms with Gasteiger partial charge in [-0.25, -0.2) is 15.0 Å². The molecule has 0 atom stereocenters. The van der Waals surface area contributed by atoms with Crippen molar-refractivity contribution in [3.8, 4) is 56.9 Å². The lowest BCUT2D eigenvalue weighted by Gasteiger charge is -2.12. The normalized spacial score (nSPS) is 12.4. The van der Waals surface area contributed by atoms with Crippen molar-refractivity contribution in [2.24, 2.45) is 0 Å². The minimum Gasteiger partial charge on any atom is -0.209 e. The summed E-state index contributed by atoms with van der Waals surface area (Å²) in [6, 6.07) is 30.5. The molecular weight excluding hydrogens is 627 g/mol. The number of aromatic nitrogens is 3. The van der Waals surface area contributed by atoms with Crippen LogP contribution < -0.4 is 0 Å². The zero-order valence-corrected chi connectivity index (χ0v) is 30.1. The molecular formula is C46H41N3S. The Hall–Kier alpha value is -5.37. The topological polar surface area (TPSA) is 38.7 Å². The number of unbranched alkanes of at least 4 members (excludes halogenated alkanes) is 1. The van der Waals surface area contributed by atoms with Gasteiger partial charge in [-0.3, -0.25) is 0 Å². The van der Waals surface area contributed by atoms with Gasteiger partial charge < -0.3 is 0 Å². The van der Waals surface area contributed by atoms with Crippen molar-refractivity contribution in [3.63, 3.8) is 0 Å². The standard InChI is InChI=1S/C46H41N3S/c1-5-8-10-13-19-31(4)44-47-45(32-20-14-12-15-21-32)49-46(48-44)34-27-28-36-35(30-34)29-33-22-17-24-38(42(33)36)40-26-18-25-39-37(23-16-11-9-6-2)41(7-3)50-43(39)40/h5,8,10,12-15,17-22,24-28,30H,6-7,9,23,29H2,1-4H3/b8-5-,13-10-,31-19+. The van der Waals surface area contributed by atoms with Gasteiger partial charge in [0.05, 0.1) is 0 Å². The van der Waals surface area contributed by atoms with Gasteiger partial charge >= 0.3 is 0 Å². The van der Waals surface area contributed by atoms with E-state index in [0.29, 0.717) is 17.5 Å². The van der Waals surface area contributed by atoms with Crippen LogP contribution in [0.3, 0.4) is 0 Å². The van der Waals surface area contributed by atoms with Gasteiger partial charge in [-0.2, -0.15) is 0 Å². The van der Waals surface area contributed by atoms with Crippen molar-refractivity contribution in [2.45, 2.75) is 59.8 Å². The van der Waals surface area contributed by atoms with E-state index < -0.39 is 0 Å². The highest BCUT2D eigenvalue weighted by atomic mass is 32.1. The maximum atomic E-state index is 5.00. The first-order chi connectivity index (χ1) is 24.6. The number of allylic oxidation sites excluding steroid dienone is 6. The van der Waals surface area contributed by atoms with Gasteiger partial charge in [-0.15, -0.1) is 17.3 Å². The molecule has 246 valence electrons. The molecule has 50 heavy (non-hydrogen) atoms. The largest absolute Gasteiger partial charge is 0.209 e. The average molecular weight is 668 g/mol. The molecule has 3 nitrogen and oxygen atoms in total. The van der Waals surface area contributed by atoms with Gasteiger partial charge in [0.15, 0.2) is 17.5 Å². The first kappa shape index (κ1) is 33.1. The molecule has 0 amide bonds. The molecule has 0 N–H and O–H groups in total. The summed E-state index contributed by atoms with van der Waals surface area (Å²) in [4.78, 5) is 16.3. The Morgan fingerprint density at radius 2 is 1.56 bits per heavy atom. The molecule has 2 heterocycles.